The predicted octanol–water partition coefficient (Wildman–Crippen LogP) is 1.28. The summed E-state index contributed by atoms with van der Waals surface area (Å²) in [6.45, 7) is 6.39. The largest absolute Gasteiger partial charge is 0.454 e. The highest BCUT2D eigenvalue weighted by atomic mass is 16.7. The molecule has 1 aromatic rings. The summed E-state index contributed by atoms with van der Waals surface area (Å²) in [6, 6.07) is 5.69. The number of fused-ring (bicyclic) bond motifs is 1. The van der Waals surface area contributed by atoms with Crippen molar-refractivity contribution in [3.63, 3.8) is 0 Å². The van der Waals surface area contributed by atoms with Crippen molar-refractivity contribution in [2.75, 3.05) is 33.0 Å². The SMILES string of the molecule is CC(CC(=O)c1ccc2c(c1)OCO2)N1CCNCC1. The monoisotopic (exact) mass is 276 g/mol. The van der Waals surface area contributed by atoms with Gasteiger partial charge in [-0.1, -0.05) is 0 Å². The highest BCUT2D eigenvalue weighted by Gasteiger charge is 2.21. The Labute approximate surface area is 118 Å². The smallest absolute Gasteiger partial charge is 0.231 e. The maximum absolute atomic E-state index is 12.4. The summed E-state index contributed by atoms with van der Waals surface area (Å²) in [5.74, 6) is 1.55. The van der Waals surface area contributed by atoms with Crippen molar-refractivity contribution in [1.29, 1.82) is 0 Å². The Bertz CT molecular complexity index is 498. The molecule has 1 unspecified atom stereocenters. The third-order valence-electron chi connectivity index (χ3n) is 3.95. The van der Waals surface area contributed by atoms with E-state index in [2.05, 4.69) is 17.1 Å². The Morgan fingerprint density at radius 1 is 1.30 bits per heavy atom. The van der Waals surface area contributed by atoms with Crippen LogP contribution in [0.15, 0.2) is 18.2 Å². The first-order valence-electron chi connectivity index (χ1n) is 7.11. The number of piperazine rings is 1. The molecule has 1 N–H and O–H groups in total. The van der Waals surface area contributed by atoms with Gasteiger partial charge in [-0.15, -0.1) is 0 Å². The van der Waals surface area contributed by atoms with Crippen LogP contribution in [0, 0.1) is 0 Å². The van der Waals surface area contributed by atoms with Gasteiger partial charge in [0.2, 0.25) is 6.79 Å². The lowest BCUT2D eigenvalue weighted by Crippen LogP contribution is -2.48. The van der Waals surface area contributed by atoms with Gasteiger partial charge in [0.25, 0.3) is 0 Å². The van der Waals surface area contributed by atoms with Gasteiger partial charge in [-0.05, 0) is 25.1 Å². The highest BCUT2D eigenvalue weighted by Crippen LogP contribution is 2.32. The first-order valence-corrected chi connectivity index (χ1v) is 7.11. The van der Waals surface area contributed by atoms with Crippen LogP contribution >= 0.6 is 0 Å². The zero-order valence-corrected chi connectivity index (χ0v) is 11.7. The number of hydrogen-bond donors (Lipinski definition) is 1. The number of rotatable bonds is 4. The maximum Gasteiger partial charge on any atom is 0.231 e. The van der Waals surface area contributed by atoms with E-state index in [1.165, 1.54) is 0 Å². The van der Waals surface area contributed by atoms with Gasteiger partial charge in [0.1, 0.15) is 0 Å². The van der Waals surface area contributed by atoms with E-state index in [1.54, 1.807) is 6.07 Å². The Balaban J connectivity index is 1.63. The molecule has 0 aromatic heterocycles. The number of nitrogens with zero attached hydrogens (tertiary/aromatic N) is 1. The molecule has 3 rings (SSSR count). The van der Waals surface area contributed by atoms with Gasteiger partial charge in [0.15, 0.2) is 17.3 Å². The lowest BCUT2D eigenvalue weighted by Gasteiger charge is -2.32. The van der Waals surface area contributed by atoms with Gasteiger partial charge >= 0.3 is 0 Å². The molecule has 5 heteroatoms. The number of benzene rings is 1. The summed E-state index contributed by atoms with van der Waals surface area (Å²) in [4.78, 5) is 14.7. The van der Waals surface area contributed by atoms with E-state index in [-0.39, 0.29) is 18.6 Å². The number of ketones is 1. The second-order valence-corrected chi connectivity index (χ2v) is 5.33. The quantitative estimate of drug-likeness (QED) is 0.840. The summed E-state index contributed by atoms with van der Waals surface area (Å²) >= 11 is 0. The fourth-order valence-electron chi connectivity index (χ4n) is 2.71. The van der Waals surface area contributed by atoms with Crippen LogP contribution in [-0.4, -0.2) is 49.7 Å². The Morgan fingerprint density at radius 3 is 2.85 bits per heavy atom. The van der Waals surface area contributed by atoms with Gasteiger partial charge in [0, 0.05) is 44.2 Å². The van der Waals surface area contributed by atoms with Crippen LogP contribution < -0.4 is 14.8 Å². The minimum Gasteiger partial charge on any atom is -0.454 e. The van der Waals surface area contributed by atoms with Crippen molar-refractivity contribution in [3.05, 3.63) is 23.8 Å². The molecule has 1 fully saturated rings. The zero-order valence-electron chi connectivity index (χ0n) is 11.7. The first-order chi connectivity index (χ1) is 9.74. The normalized spacial score (nSPS) is 19.9. The van der Waals surface area contributed by atoms with Crippen molar-refractivity contribution >= 4 is 5.78 Å². The number of hydrogen-bond acceptors (Lipinski definition) is 5. The predicted molar refractivity (Wildman–Crippen MR) is 75.4 cm³/mol. The number of carbonyl (C=O) groups is 1. The minimum atomic E-state index is 0.161. The van der Waals surface area contributed by atoms with Gasteiger partial charge in [-0.25, -0.2) is 0 Å². The number of carbonyl (C=O) groups excluding carboxylic acids is 1. The summed E-state index contributed by atoms with van der Waals surface area (Å²) in [5.41, 5.74) is 0.705. The molecule has 5 nitrogen and oxygen atoms in total. The van der Waals surface area contributed by atoms with Crippen LogP contribution in [0.1, 0.15) is 23.7 Å². The van der Waals surface area contributed by atoms with Gasteiger partial charge in [-0.2, -0.15) is 0 Å². The first kappa shape index (κ1) is 13.4. The van der Waals surface area contributed by atoms with Crippen LogP contribution in [0.25, 0.3) is 0 Å². The second kappa shape index (κ2) is 5.81. The third kappa shape index (κ3) is 2.78. The maximum atomic E-state index is 12.4. The van der Waals surface area contributed by atoms with E-state index in [1.807, 2.05) is 12.1 Å². The molecule has 108 valence electrons. The topological polar surface area (TPSA) is 50.8 Å². The van der Waals surface area contributed by atoms with E-state index < -0.39 is 0 Å². The van der Waals surface area contributed by atoms with Gasteiger partial charge in [-0.3, -0.25) is 9.69 Å². The second-order valence-electron chi connectivity index (χ2n) is 5.33. The highest BCUT2D eigenvalue weighted by molar-refractivity contribution is 5.97. The molecule has 2 aliphatic heterocycles. The molecule has 0 bridgehead atoms. The van der Waals surface area contributed by atoms with E-state index in [9.17, 15) is 4.79 Å². The molecule has 1 atom stereocenters. The van der Waals surface area contributed by atoms with Crippen molar-refractivity contribution in [2.24, 2.45) is 0 Å². The summed E-state index contributed by atoms with van der Waals surface area (Å²) in [5, 5.41) is 3.33. The Kier molecular flexibility index (Phi) is 3.89. The number of nitrogens with one attached hydrogen (secondary N) is 1. The van der Waals surface area contributed by atoms with E-state index in [4.69, 9.17) is 9.47 Å². The molecule has 2 aliphatic rings. The average molecular weight is 276 g/mol. The molecule has 0 radical (unpaired) electrons. The van der Waals surface area contributed by atoms with Crippen molar-refractivity contribution < 1.29 is 14.3 Å². The number of Topliss-reactive ketones (excluding diaryl/α,β-unsaturated/α-hetero) is 1. The lowest BCUT2D eigenvalue weighted by molar-refractivity contribution is 0.0917. The summed E-state index contributed by atoms with van der Waals surface area (Å²) in [6.07, 6.45) is 0.541. The molecule has 2 heterocycles. The standard InChI is InChI=1S/C15H20N2O3/c1-11(17-6-4-16-5-7-17)8-13(18)12-2-3-14-15(9-12)20-10-19-14/h2-3,9,11,16H,4-8,10H2,1H3. The van der Waals surface area contributed by atoms with E-state index in [0.717, 1.165) is 31.9 Å². The van der Waals surface area contributed by atoms with Crippen LogP contribution in [0.3, 0.4) is 0 Å². The molecular weight excluding hydrogens is 256 g/mol. The lowest BCUT2D eigenvalue weighted by atomic mass is 10.0. The summed E-state index contributed by atoms with van der Waals surface area (Å²) < 4.78 is 10.6. The summed E-state index contributed by atoms with van der Waals surface area (Å²) in [7, 11) is 0. The molecule has 0 aliphatic carbocycles. The Hall–Kier alpha value is -1.59. The molecular formula is C15H20N2O3. The molecule has 20 heavy (non-hydrogen) atoms. The van der Waals surface area contributed by atoms with E-state index in [0.29, 0.717) is 17.7 Å². The fraction of sp³-hybridized carbons (Fsp3) is 0.533. The van der Waals surface area contributed by atoms with Crippen molar-refractivity contribution in [1.82, 2.24) is 10.2 Å². The van der Waals surface area contributed by atoms with Crippen LogP contribution in [-0.2, 0) is 0 Å². The molecule has 1 aromatic carbocycles. The molecule has 0 saturated carbocycles. The molecule has 1 saturated heterocycles. The van der Waals surface area contributed by atoms with Crippen molar-refractivity contribution in [2.45, 2.75) is 19.4 Å². The number of ether oxygens (including phenoxy) is 2. The minimum absolute atomic E-state index is 0.161. The fourth-order valence-corrected chi connectivity index (χ4v) is 2.71. The van der Waals surface area contributed by atoms with Crippen LogP contribution in [0.5, 0.6) is 11.5 Å². The van der Waals surface area contributed by atoms with Crippen LogP contribution in [0.4, 0.5) is 0 Å². The molecule has 0 spiro atoms. The molecule has 0 amide bonds. The zero-order chi connectivity index (χ0) is 13.9. The van der Waals surface area contributed by atoms with Crippen molar-refractivity contribution in [3.8, 4) is 11.5 Å². The Morgan fingerprint density at radius 2 is 2.05 bits per heavy atom. The van der Waals surface area contributed by atoms with Gasteiger partial charge in [0.05, 0.1) is 0 Å². The third-order valence-corrected chi connectivity index (χ3v) is 3.95. The average Bonchev–Trinajstić information content (AvgIpc) is 2.95. The van der Waals surface area contributed by atoms with Gasteiger partial charge < -0.3 is 14.8 Å². The van der Waals surface area contributed by atoms with Crippen LogP contribution in [0.2, 0.25) is 0 Å². The van der Waals surface area contributed by atoms with E-state index >= 15 is 0 Å².